The summed E-state index contributed by atoms with van der Waals surface area (Å²) in [4.78, 5) is -0.320. The fourth-order valence-electron chi connectivity index (χ4n) is 1.41. The molecule has 0 aliphatic heterocycles. The topological polar surface area (TPSA) is 63.4 Å². The van der Waals surface area contributed by atoms with Crippen LogP contribution >= 0.6 is 0 Å². The van der Waals surface area contributed by atoms with Gasteiger partial charge in [-0.1, -0.05) is 6.07 Å². The Balaban J connectivity index is 3.14. The highest BCUT2D eigenvalue weighted by Gasteiger charge is 2.35. The van der Waals surface area contributed by atoms with Gasteiger partial charge in [0, 0.05) is 7.05 Å². The maximum absolute atomic E-state index is 12.2. The predicted octanol–water partition coefficient (Wildman–Crippen LogP) is 1.76. The van der Waals surface area contributed by atoms with E-state index >= 15 is 0 Å². The summed E-state index contributed by atoms with van der Waals surface area (Å²) in [5.74, 6) is 0. The van der Waals surface area contributed by atoms with Gasteiger partial charge in [-0.25, -0.2) is 8.42 Å². The van der Waals surface area contributed by atoms with Crippen LogP contribution < -0.4 is 5.73 Å². The first-order chi connectivity index (χ1) is 8.04. The van der Waals surface area contributed by atoms with Crippen LogP contribution in [0, 0.1) is 6.92 Å². The molecule has 0 saturated heterocycles. The summed E-state index contributed by atoms with van der Waals surface area (Å²) in [5.41, 5.74) is 6.18. The number of rotatable bonds is 3. The molecule has 8 heteroatoms. The van der Waals surface area contributed by atoms with Gasteiger partial charge < -0.3 is 5.73 Å². The molecule has 0 aliphatic rings. The molecule has 0 spiro atoms. The molecule has 0 bridgehead atoms. The van der Waals surface area contributed by atoms with Gasteiger partial charge in [0.05, 0.1) is 5.69 Å². The lowest BCUT2D eigenvalue weighted by atomic mass is 10.2. The van der Waals surface area contributed by atoms with Crippen LogP contribution in [0.4, 0.5) is 18.9 Å². The molecule has 4 nitrogen and oxygen atoms in total. The molecule has 2 N–H and O–H groups in total. The fraction of sp³-hybridized carbons (Fsp3) is 0.400. The minimum absolute atomic E-state index is 0.0657. The number of nitrogen functional groups attached to an aromatic ring is 1. The normalized spacial score (nSPS) is 13.0. The summed E-state index contributed by atoms with van der Waals surface area (Å²) in [6, 6.07) is 4.08. The third-order valence-electron chi connectivity index (χ3n) is 2.26. The molecule has 1 aromatic rings. The zero-order valence-corrected chi connectivity index (χ0v) is 10.6. The molecule has 0 amide bonds. The second kappa shape index (κ2) is 4.77. The van der Waals surface area contributed by atoms with Gasteiger partial charge in [-0.15, -0.1) is 0 Å². The Morgan fingerprint density at radius 1 is 1.33 bits per heavy atom. The fourth-order valence-corrected chi connectivity index (χ4v) is 2.66. The number of aryl methyl sites for hydroxylation is 1. The SMILES string of the molecule is Cc1ccc(S(=O)(=O)N(C)CC(F)(F)F)c(N)c1. The number of alkyl halides is 3. The van der Waals surface area contributed by atoms with Crippen LogP contribution in [0.15, 0.2) is 23.1 Å². The number of nitrogens with two attached hydrogens (primary N) is 1. The zero-order valence-electron chi connectivity index (χ0n) is 9.82. The first-order valence-electron chi connectivity index (χ1n) is 4.93. The average Bonchev–Trinajstić information content (AvgIpc) is 2.13. The quantitative estimate of drug-likeness (QED) is 0.859. The maximum atomic E-state index is 12.2. The van der Waals surface area contributed by atoms with E-state index in [0.717, 1.165) is 12.6 Å². The number of anilines is 1. The van der Waals surface area contributed by atoms with Crippen LogP contribution in [-0.2, 0) is 10.0 Å². The van der Waals surface area contributed by atoms with E-state index < -0.39 is 22.7 Å². The van der Waals surface area contributed by atoms with Crippen molar-refractivity contribution in [2.45, 2.75) is 18.0 Å². The molecule has 0 aromatic heterocycles. The minimum Gasteiger partial charge on any atom is -0.398 e. The van der Waals surface area contributed by atoms with Gasteiger partial charge in [0.2, 0.25) is 10.0 Å². The van der Waals surface area contributed by atoms with Crippen molar-refractivity contribution in [2.75, 3.05) is 19.3 Å². The molecular weight excluding hydrogens is 269 g/mol. The molecule has 0 radical (unpaired) electrons. The molecule has 0 saturated carbocycles. The standard InChI is InChI=1S/C10H13F3N2O2S/c1-7-3-4-9(8(14)5-7)18(16,17)15(2)6-10(11,12)13/h3-5H,6,14H2,1-2H3. The Morgan fingerprint density at radius 3 is 2.33 bits per heavy atom. The molecule has 1 aromatic carbocycles. The molecule has 0 atom stereocenters. The largest absolute Gasteiger partial charge is 0.402 e. The van der Waals surface area contributed by atoms with Gasteiger partial charge >= 0.3 is 6.18 Å². The van der Waals surface area contributed by atoms with Crippen molar-refractivity contribution < 1.29 is 21.6 Å². The van der Waals surface area contributed by atoms with Crippen molar-refractivity contribution in [3.05, 3.63) is 23.8 Å². The first-order valence-corrected chi connectivity index (χ1v) is 6.37. The molecule has 102 valence electrons. The zero-order chi connectivity index (χ0) is 14.1. The van der Waals surface area contributed by atoms with E-state index in [0.29, 0.717) is 0 Å². The van der Waals surface area contributed by atoms with E-state index in [2.05, 4.69) is 0 Å². The average molecular weight is 282 g/mol. The van der Waals surface area contributed by atoms with Crippen LogP contribution in [0.1, 0.15) is 5.56 Å². The highest BCUT2D eigenvalue weighted by Crippen LogP contribution is 2.25. The highest BCUT2D eigenvalue weighted by atomic mass is 32.2. The first kappa shape index (κ1) is 14.8. The Bertz CT molecular complexity index is 541. The Morgan fingerprint density at radius 2 is 1.89 bits per heavy atom. The number of benzene rings is 1. The number of halogens is 3. The van der Waals surface area contributed by atoms with Crippen LogP contribution in [0.2, 0.25) is 0 Å². The van der Waals surface area contributed by atoms with E-state index in [1.54, 1.807) is 6.92 Å². The number of sulfonamides is 1. The van der Waals surface area contributed by atoms with E-state index in [1.807, 2.05) is 0 Å². The molecular formula is C10H13F3N2O2S. The molecule has 0 unspecified atom stereocenters. The van der Waals surface area contributed by atoms with Gasteiger partial charge in [0.1, 0.15) is 11.4 Å². The smallest absolute Gasteiger partial charge is 0.398 e. The Hall–Kier alpha value is -1.28. The second-order valence-electron chi connectivity index (χ2n) is 3.92. The summed E-state index contributed by atoms with van der Waals surface area (Å²) in [7, 11) is -3.37. The van der Waals surface area contributed by atoms with Crippen molar-refractivity contribution >= 4 is 15.7 Å². The Labute approximate surface area is 103 Å². The van der Waals surface area contributed by atoms with Crippen molar-refractivity contribution in [2.24, 2.45) is 0 Å². The second-order valence-corrected chi connectivity index (χ2v) is 5.93. The molecule has 0 fully saturated rings. The molecule has 0 heterocycles. The van der Waals surface area contributed by atoms with E-state index in [-0.39, 0.29) is 14.9 Å². The Kier molecular flexibility index (Phi) is 3.92. The third kappa shape index (κ3) is 3.36. The number of nitrogens with zero attached hydrogens (tertiary/aromatic N) is 1. The van der Waals surface area contributed by atoms with Gasteiger partial charge in [-0.3, -0.25) is 0 Å². The van der Waals surface area contributed by atoms with Gasteiger partial charge in [-0.2, -0.15) is 17.5 Å². The summed E-state index contributed by atoms with van der Waals surface area (Å²) in [6.45, 7) is 0.148. The summed E-state index contributed by atoms with van der Waals surface area (Å²) in [6.07, 6.45) is -4.60. The minimum atomic E-state index is -4.60. The molecule has 18 heavy (non-hydrogen) atoms. The number of hydrogen-bond donors (Lipinski definition) is 1. The van der Waals surface area contributed by atoms with E-state index in [1.165, 1.54) is 18.2 Å². The number of hydrogen-bond acceptors (Lipinski definition) is 3. The monoisotopic (exact) mass is 282 g/mol. The maximum Gasteiger partial charge on any atom is 0.402 e. The van der Waals surface area contributed by atoms with Crippen molar-refractivity contribution in [3.8, 4) is 0 Å². The van der Waals surface area contributed by atoms with Crippen molar-refractivity contribution in [1.29, 1.82) is 0 Å². The van der Waals surface area contributed by atoms with Crippen molar-refractivity contribution in [3.63, 3.8) is 0 Å². The van der Waals surface area contributed by atoms with E-state index in [9.17, 15) is 21.6 Å². The third-order valence-corrected chi connectivity index (χ3v) is 4.13. The van der Waals surface area contributed by atoms with Crippen LogP contribution in [0.5, 0.6) is 0 Å². The lowest BCUT2D eigenvalue weighted by Crippen LogP contribution is -2.36. The summed E-state index contributed by atoms with van der Waals surface area (Å²) in [5, 5.41) is 0. The van der Waals surface area contributed by atoms with E-state index in [4.69, 9.17) is 5.73 Å². The highest BCUT2D eigenvalue weighted by molar-refractivity contribution is 7.89. The van der Waals surface area contributed by atoms with Crippen LogP contribution in [0.25, 0.3) is 0 Å². The van der Waals surface area contributed by atoms with Crippen molar-refractivity contribution in [1.82, 2.24) is 4.31 Å². The lowest BCUT2D eigenvalue weighted by Gasteiger charge is -2.19. The van der Waals surface area contributed by atoms with Gasteiger partial charge in [0.25, 0.3) is 0 Å². The van der Waals surface area contributed by atoms with Gasteiger partial charge in [0.15, 0.2) is 0 Å². The summed E-state index contributed by atoms with van der Waals surface area (Å²) < 4.78 is 60.5. The molecule has 1 rings (SSSR count). The summed E-state index contributed by atoms with van der Waals surface area (Å²) >= 11 is 0. The van der Waals surface area contributed by atoms with Gasteiger partial charge in [-0.05, 0) is 24.6 Å². The molecule has 0 aliphatic carbocycles. The van der Waals surface area contributed by atoms with Crippen LogP contribution in [0.3, 0.4) is 0 Å². The van der Waals surface area contributed by atoms with Crippen LogP contribution in [-0.4, -0.2) is 32.5 Å². The predicted molar refractivity (Wildman–Crippen MR) is 61.5 cm³/mol. The lowest BCUT2D eigenvalue weighted by molar-refractivity contribution is -0.134.